The van der Waals surface area contributed by atoms with E-state index in [9.17, 15) is 4.79 Å². The Kier molecular flexibility index (Phi) is 5.22. The summed E-state index contributed by atoms with van der Waals surface area (Å²) in [5.41, 5.74) is 5.76. The highest BCUT2D eigenvalue weighted by Crippen LogP contribution is 2.10. The largest absolute Gasteiger partial charge is 0.327 e. The number of nitrogens with one attached hydrogen (secondary N) is 1. The highest BCUT2D eigenvalue weighted by Gasteiger charge is 2.09. The van der Waals surface area contributed by atoms with Crippen molar-refractivity contribution >= 4 is 23.3 Å². The van der Waals surface area contributed by atoms with Crippen molar-refractivity contribution in [1.82, 2.24) is 4.98 Å². The van der Waals surface area contributed by atoms with Crippen LogP contribution in [-0.2, 0) is 4.79 Å². The van der Waals surface area contributed by atoms with Crippen LogP contribution in [0.1, 0.15) is 26.2 Å². The van der Waals surface area contributed by atoms with Gasteiger partial charge in [0, 0.05) is 12.5 Å². The number of hydrogen-bond donors (Lipinski definition) is 2. The predicted octanol–water partition coefficient (Wildman–Crippen LogP) is 2.19. The molecule has 0 radical (unpaired) electrons. The monoisotopic (exact) mass is 241 g/mol. The Morgan fingerprint density at radius 3 is 3.00 bits per heavy atom. The number of carbonyl (C=O) groups excluding carboxylic acids is 1. The molecular formula is C11H16ClN3O. The van der Waals surface area contributed by atoms with Gasteiger partial charge in [-0.3, -0.25) is 4.79 Å². The summed E-state index contributed by atoms with van der Waals surface area (Å²) in [4.78, 5) is 15.5. The van der Waals surface area contributed by atoms with Crippen LogP contribution >= 0.6 is 11.6 Å². The van der Waals surface area contributed by atoms with Gasteiger partial charge in [0.05, 0.1) is 0 Å². The Morgan fingerprint density at radius 2 is 2.38 bits per heavy atom. The third-order valence-corrected chi connectivity index (χ3v) is 2.30. The molecule has 1 atom stereocenters. The van der Waals surface area contributed by atoms with Crippen LogP contribution in [0.5, 0.6) is 0 Å². The summed E-state index contributed by atoms with van der Waals surface area (Å²) in [6.07, 6.45) is 2.13. The number of nitrogens with zero attached hydrogens (tertiary/aromatic N) is 1. The molecule has 0 fully saturated rings. The van der Waals surface area contributed by atoms with Gasteiger partial charge in [-0.1, -0.05) is 31.0 Å². The topological polar surface area (TPSA) is 68.0 Å². The molecule has 3 N–H and O–H groups in total. The maximum atomic E-state index is 11.5. The summed E-state index contributed by atoms with van der Waals surface area (Å²) < 4.78 is 0. The van der Waals surface area contributed by atoms with Crippen LogP contribution in [0.2, 0.25) is 5.15 Å². The minimum atomic E-state index is -0.129. The van der Waals surface area contributed by atoms with Crippen molar-refractivity contribution in [2.45, 2.75) is 32.2 Å². The molecule has 1 heterocycles. The summed E-state index contributed by atoms with van der Waals surface area (Å²) in [5.74, 6) is 0.330. The van der Waals surface area contributed by atoms with E-state index >= 15 is 0 Å². The first kappa shape index (κ1) is 12.9. The van der Waals surface area contributed by atoms with Crippen LogP contribution in [0.4, 0.5) is 5.82 Å². The molecule has 1 rings (SSSR count). The van der Waals surface area contributed by atoms with Crippen molar-refractivity contribution < 1.29 is 4.79 Å². The Hall–Kier alpha value is -1.13. The Morgan fingerprint density at radius 1 is 1.62 bits per heavy atom. The number of hydrogen-bond acceptors (Lipinski definition) is 3. The molecule has 0 bridgehead atoms. The van der Waals surface area contributed by atoms with E-state index in [1.54, 1.807) is 18.2 Å². The number of nitrogens with two attached hydrogens (primary N) is 1. The van der Waals surface area contributed by atoms with E-state index in [4.69, 9.17) is 17.3 Å². The lowest BCUT2D eigenvalue weighted by molar-refractivity contribution is -0.116. The number of amides is 1. The minimum absolute atomic E-state index is 0.0933. The van der Waals surface area contributed by atoms with Gasteiger partial charge in [0.1, 0.15) is 11.0 Å². The van der Waals surface area contributed by atoms with Gasteiger partial charge in [-0.2, -0.15) is 0 Å². The maximum Gasteiger partial charge on any atom is 0.227 e. The van der Waals surface area contributed by atoms with E-state index in [1.165, 1.54) is 0 Å². The molecule has 1 aromatic rings. The number of aromatic nitrogens is 1. The van der Waals surface area contributed by atoms with E-state index in [0.717, 1.165) is 12.8 Å². The van der Waals surface area contributed by atoms with E-state index < -0.39 is 0 Å². The molecule has 1 unspecified atom stereocenters. The highest BCUT2D eigenvalue weighted by atomic mass is 35.5. The molecule has 1 aromatic heterocycles. The van der Waals surface area contributed by atoms with Crippen LogP contribution in [0.25, 0.3) is 0 Å². The van der Waals surface area contributed by atoms with Gasteiger partial charge in [0.25, 0.3) is 0 Å². The molecule has 16 heavy (non-hydrogen) atoms. The van der Waals surface area contributed by atoms with Crippen LogP contribution in [0.3, 0.4) is 0 Å². The summed E-state index contributed by atoms with van der Waals surface area (Å²) in [7, 11) is 0. The van der Waals surface area contributed by atoms with Crippen molar-refractivity contribution in [2.24, 2.45) is 5.73 Å². The summed E-state index contributed by atoms with van der Waals surface area (Å²) in [6.45, 7) is 2.04. The van der Waals surface area contributed by atoms with Crippen molar-refractivity contribution in [3.63, 3.8) is 0 Å². The van der Waals surface area contributed by atoms with Crippen molar-refractivity contribution in [3.8, 4) is 0 Å². The van der Waals surface area contributed by atoms with Gasteiger partial charge in [-0.05, 0) is 18.6 Å². The molecular weight excluding hydrogens is 226 g/mol. The van der Waals surface area contributed by atoms with E-state index in [0.29, 0.717) is 17.4 Å². The first-order valence-electron chi connectivity index (χ1n) is 5.29. The molecule has 0 aliphatic carbocycles. The summed E-state index contributed by atoms with van der Waals surface area (Å²) in [5, 5.41) is 3.01. The second-order valence-electron chi connectivity index (χ2n) is 3.65. The third-order valence-electron chi connectivity index (χ3n) is 2.09. The number of halogens is 1. The Labute approximate surface area is 100 Å². The van der Waals surface area contributed by atoms with Crippen LogP contribution in [0.15, 0.2) is 18.2 Å². The van der Waals surface area contributed by atoms with Crippen molar-refractivity contribution in [2.75, 3.05) is 5.32 Å². The molecule has 0 aromatic carbocycles. The summed E-state index contributed by atoms with van der Waals surface area (Å²) >= 11 is 5.70. The standard InChI is InChI=1S/C11H16ClN3O/c1-2-4-8(13)7-11(16)15-10-6-3-5-9(12)14-10/h3,5-6,8H,2,4,7,13H2,1H3,(H,14,15,16). The Bertz CT molecular complexity index is 357. The SMILES string of the molecule is CCCC(N)CC(=O)Nc1cccc(Cl)n1. The third kappa shape index (κ3) is 4.59. The zero-order valence-corrected chi connectivity index (χ0v) is 10.00. The van der Waals surface area contributed by atoms with Gasteiger partial charge < -0.3 is 11.1 Å². The molecule has 0 aliphatic rings. The van der Waals surface area contributed by atoms with Crippen LogP contribution < -0.4 is 11.1 Å². The molecule has 88 valence electrons. The lowest BCUT2D eigenvalue weighted by Gasteiger charge is -2.09. The molecule has 0 saturated heterocycles. The molecule has 0 aliphatic heterocycles. The van der Waals surface area contributed by atoms with Crippen molar-refractivity contribution in [3.05, 3.63) is 23.4 Å². The van der Waals surface area contributed by atoms with Crippen LogP contribution in [-0.4, -0.2) is 16.9 Å². The smallest absolute Gasteiger partial charge is 0.227 e. The lowest BCUT2D eigenvalue weighted by Crippen LogP contribution is -2.27. The number of carbonyl (C=O) groups is 1. The van der Waals surface area contributed by atoms with Crippen LogP contribution in [0, 0.1) is 0 Å². The van der Waals surface area contributed by atoms with Gasteiger partial charge in [-0.25, -0.2) is 4.98 Å². The lowest BCUT2D eigenvalue weighted by atomic mass is 10.1. The molecule has 0 spiro atoms. The van der Waals surface area contributed by atoms with Gasteiger partial charge in [-0.15, -0.1) is 0 Å². The normalized spacial score (nSPS) is 12.2. The van der Waals surface area contributed by atoms with Gasteiger partial charge >= 0.3 is 0 Å². The average Bonchev–Trinajstić information content (AvgIpc) is 2.17. The molecule has 0 saturated carbocycles. The first-order chi connectivity index (χ1) is 7.61. The fourth-order valence-corrected chi connectivity index (χ4v) is 1.55. The molecule has 1 amide bonds. The number of pyridine rings is 1. The fraction of sp³-hybridized carbons (Fsp3) is 0.455. The average molecular weight is 242 g/mol. The zero-order valence-electron chi connectivity index (χ0n) is 9.24. The van der Waals surface area contributed by atoms with Gasteiger partial charge in [0.2, 0.25) is 5.91 Å². The van der Waals surface area contributed by atoms with Crippen molar-refractivity contribution in [1.29, 1.82) is 0 Å². The quantitative estimate of drug-likeness (QED) is 0.777. The second kappa shape index (κ2) is 6.45. The molecule has 4 nitrogen and oxygen atoms in total. The summed E-state index contributed by atoms with van der Waals surface area (Å²) in [6, 6.07) is 4.98. The maximum absolute atomic E-state index is 11.5. The number of rotatable bonds is 5. The fourth-order valence-electron chi connectivity index (χ4n) is 1.38. The van der Waals surface area contributed by atoms with Gasteiger partial charge in [0.15, 0.2) is 0 Å². The van der Waals surface area contributed by atoms with E-state index in [1.807, 2.05) is 6.92 Å². The second-order valence-corrected chi connectivity index (χ2v) is 4.03. The predicted molar refractivity (Wildman–Crippen MR) is 65.4 cm³/mol. The minimum Gasteiger partial charge on any atom is -0.327 e. The first-order valence-corrected chi connectivity index (χ1v) is 5.67. The van der Waals surface area contributed by atoms with E-state index in [2.05, 4.69) is 10.3 Å². The zero-order chi connectivity index (χ0) is 12.0. The van der Waals surface area contributed by atoms with E-state index in [-0.39, 0.29) is 11.9 Å². The molecule has 5 heteroatoms. The number of anilines is 1. The Balaban J connectivity index is 2.45. The highest BCUT2D eigenvalue weighted by molar-refractivity contribution is 6.29.